The van der Waals surface area contributed by atoms with Crippen LogP contribution in [0.2, 0.25) is 0 Å². The van der Waals surface area contributed by atoms with E-state index in [4.69, 9.17) is 4.74 Å². The van der Waals surface area contributed by atoms with Gasteiger partial charge in [0.05, 0.1) is 10.4 Å². The Morgan fingerprint density at radius 1 is 1.30 bits per heavy atom. The molecule has 7 heteroatoms. The SMILES string of the molecule is O=C(Nc1ncc(SCc2ccccc2)s1)NC1CCOCC1. The van der Waals surface area contributed by atoms with E-state index in [9.17, 15) is 4.79 Å². The Hall–Kier alpha value is -1.57. The molecular weight excluding hydrogens is 330 g/mol. The Morgan fingerprint density at radius 2 is 2.09 bits per heavy atom. The maximum atomic E-state index is 12.0. The number of hydrogen-bond acceptors (Lipinski definition) is 5. The van der Waals surface area contributed by atoms with Gasteiger partial charge in [0, 0.05) is 25.0 Å². The monoisotopic (exact) mass is 349 g/mol. The normalized spacial score (nSPS) is 15.3. The molecule has 122 valence electrons. The molecule has 0 spiro atoms. The van der Waals surface area contributed by atoms with Crippen LogP contribution in [0.15, 0.2) is 40.7 Å². The van der Waals surface area contributed by atoms with Crippen LogP contribution in [0.3, 0.4) is 0 Å². The summed E-state index contributed by atoms with van der Waals surface area (Å²) in [4.78, 5) is 16.2. The fourth-order valence-corrected chi connectivity index (χ4v) is 4.10. The topological polar surface area (TPSA) is 63.2 Å². The maximum absolute atomic E-state index is 12.0. The third kappa shape index (κ3) is 5.23. The molecule has 1 aromatic carbocycles. The summed E-state index contributed by atoms with van der Waals surface area (Å²) in [7, 11) is 0. The third-order valence-electron chi connectivity index (χ3n) is 3.49. The van der Waals surface area contributed by atoms with E-state index >= 15 is 0 Å². The standard InChI is InChI=1S/C16H19N3O2S2/c20-15(18-13-6-8-21-9-7-13)19-16-17-10-14(23-16)22-11-12-4-2-1-3-5-12/h1-5,10,13H,6-9,11H2,(H2,17,18,19,20). The Kier molecular flexibility index (Phi) is 5.90. The number of amides is 2. The summed E-state index contributed by atoms with van der Waals surface area (Å²) in [6.07, 6.45) is 3.54. The molecule has 0 radical (unpaired) electrons. The average Bonchev–Trinajstić information content (AvgIpc) is 3.02. The van der Waals surface area contributed by atoms with Crippen molar-refractivity contribution in [1.29, 1.82) is 0 Å². The molecule has 1 saturated heterocycles. The van der Waals surface area contributed by atoms with Gasteiger partial charge < -0.3 is 10.1 Å². The molecule has 2 N–H and O–H groups in total. The number of urea groups is 1. The number of hydrogen-bond donors (Lipinski definition) is 2. The zero-order chi connectivity index (χ0) is 15.9. The van der Waals surface area contributed by atoms with Crippen molar-refractivity contribution in [3.8, 4) is 0 Å². The van der Waals surface area contributed by atoms with Gasteiger partial charge in [0.15, 0.2) is 5.13 Å². The molecular formula is C16H19N3O2S2. The first kappa shape index (κ1) is 16.3. The summed E-state index contributed by atoms with van der Waals surface area (Å²) < 4.78 is 6.37. The van der Waals surface area contributed by atoms with Crippen molar-refractivity contribution in [1.82, 2.24) is 10.3 Å². The zero-order valence-electron chi connectivity index (χ0n) is 12.7. The number of nitrogens with one attached hydrogen (secondary N) is 2. The lowest BCUT2D eigenvalue weighted by Gasteiger charge is -2.22. The number of aromatic nitrogens is 1. The molecule has 1 fully saturated rings. The second-order valence-corrected chi connectivity index (χ2v) is 7.55. The van der Waals surface area contributed by atoms with E-state index in [1.54, 1.807) is 11.8 Å². The molecule has 1 aromatic heterocycles. The molecule has 0 saturated carbocycles. The molecule has 0 unspecified atom stereocenters. The Labute approximate surface area is 143 Å². The average molecular weight is 349 g/mol. The number of thioether (sulfide) groups is 1. The second kappa shape index (κ2) is 8.33. The first-order valence-corrected chi connectivity index (χ1v) is 9.37. The quantitative estimate of drug-likeness (QED) is 0.807. The van der Waals surface area contributed by atoms with Crippen LogP contribution < -0.4 is 10.6 Å². The molecule has 3 rings (SSSR count). The fraction of sp³-hybridized carbons (Fsp3) is 0.375. The number of rotatable bonds is 5. The van der Waals surface area contributed by atoms with Gasteiger partial charge in [-0.1, -0.05) is 41.7 Å². The third-order valence-corrected chi connectivity index (χ3v) is 5.66. The first-order chi connectivity index (χ1) is 11.3. The van der Waals surface area contributed by atoms with Crippen LogP contribution >= 0.6 is 23.1 Å². The van der Waals surface area contributed by atoms with Gasteiger partial charge in [0.2, 0.25) is 0 Å². The molecule has 1 aliphatic rings. The molecule has 0 bridgehead atoms. The highest BCUT2D eigenvalue weighted by atomic mass is 32.2. The van der Waals surface area contributed by atoms with Gasteiger partial charge in [-0.2, -0.15) is 0 Å². The van der Waals surface area contributed by atoms with Crippen molar-refractivity contribution in [2.75, 3.05) is 18.5 Å². The lowest BCUT2D eigenvalue weighted by atomic mass is 10.1. The molecule has 5 nitrogen and oxygen atoms in total. The predicted octanol–water partition coefficient (Wildman–Crippen LogP) is 3.74. The number of nitrogens with zero attached hydrogens (tertiary/aromatic N) is 1. The predicted molar refractivity (Wildman–Crippen MR) is 94.1 cm³/mol. The number of ether oxygens (including phenoxy) is 1. The number of thiazole rings is 1. The van der Waals surface area contributed by atoms with Crippen LogP contribution in [-0.2, 0) is 10.5 Å². The Morgan fingerprint density at radius 3 is 2.87 bits per heavy atom. The van der Waals surface area contributed by atoms with E-state index in [0.29, 0.717) is 18.3 Å². The van der Waals surface area contributed by atoms with Crippen LogP contribution in [0.5, 0.6) is 0 Å². The van der Waals surface area contributed by atoms with E-state index in [0.717, 1.165) is 22.8 Å². The summed E-state index contributed by atoms with van der Waals surface area (Å²) in [5.41, 5.74) is 1.28. The van der Waals surface area contributed by atoms with Gasteiger partial charge in [-0.15, -0.1) is 11.8 Å². The van der Waals surface area contributed by atoms with E-state index in [1.165, 1.54) is 16.9 Å². The van der Waals surface area contributed by atoms with Gasteiger partial charge in [-0.05, 0) is 18.4 Å². The highest BCUT2D eigenvalue weighted by molar-refractivity contribution is 8.00. The molecule has 0 atom stereocenters. The zero-order valence-corrected chi connectivity index (χ0v) is 14.3. The second-order valence-electron chi connectivity index (χ2n) is 5.24. The fourth-order valence-electron chi connectivity index (χ4n) is 2.27. The van der Waals surface area contributed by atoms with Crippen molar-refractivity contribution in [2.45, 2.75) is 28.8 Å². The summed E-state index contributed by atoms with van der Waals surface area (Å²) in [6, 6.07) is 10.3. The molecule has 2 amide bonds. The van der Waals surface area contributed by atoms with Crippen LogP contribution in [-0.4, -0.2) is 30.3 Å². The van der Waals surface area contributed by atoms with Crippen molar-refractivity contribution < 1.29 is 9.53 Å². The van der Waals surface area contributed by atoms with Crippen molar-refractivity contribution in [3.63, 3.8) is 0 Å². The molecule has 2 heterocycles. The molecule has 23 heavy (non-hydrogen) atoms. The summed E-state index contributed by atoms with van der Waals surface area (Å²) in [6.45, 7) is 1.42. The number of anilines is 1. The highest BCUT2D eigenvalue weighted by Crippen LogP contribution is 2.30. The van der Waals surface area contributed by atoms with Crippen molar-refractivity contribution in [2.24, 2.45) is 0 Å². The number of carbonyl (C=O) groups excluding carboxylic acids is 1. The van der Waals surface area contributed by atoms with E-state index < -0.39 is 0 Å². The van der Waals surface area contributed by atoms with E-state index in [2.05, 4.69) is 27.8 Å². The minimum atomic E-state index is -0.189. The first-order valence-electron chi connectivity index (χ1n) is 7.57. The summed E-state index contributed by atoms with van der Waals surface area (Å²) in [5.74, 6) is 0.900. The van der Waals surface area contributed by atoms with Gasteiger partial charge >= 0.3 is 6.03 Å². The molecule has 2 aromatic rings. The minimum absolute atomic E-state index is 0.189. The smallest absolute Gasteiger partial charge is 0.321 e. The molecule has 0 aliphatic carbocycles. The van der Waals surface area contributed by atoms with Crippen molar-refractivity contribution >= 4 is 34.3 Å². The van der Waals surface area contributed by atoms with Gasteiger partial charge in [0.25, 0.3) is 0 Å². The van der Waals surface area contributed by atoms with Crippen LogP contribution in [0.4, 0.5) is 9.93 Å². The number of benzene rings is 1. The highest BCUT2D eigenvalue weighted by Gasteiger charge is 2.16. The Bertz CT molecular complexity index is 627. The lowest BCUT2D eigenvalue weighted by molar-refractivity contribution is 0.0806. The van der Waals surface area contributed by atoms with Crippen LogP contribution in [0.1, 0.15) is 18.4 Å². The molecule has 1 aliphatic heterocycles. The lowest BCUT2D eigenvalue weighted by Crippen LogP contribution is -2.41. The largest absolute Gasteiger partial charge is 0.381 e. The summed E-state index contributed by atoms with van der Waals surface area (Å²) in [5, 5.41) is 6.41. The van der Waals surface area contributed by atoms with Gasteiger partial charge in [0.1, 0.15) is 0 Å². The van der Waals surface area contributed by atoms with Crippen molar-refractivity contribution in [3.05, 3.63) is 42.1 Å². The van der Waals surface area contributed by atoms with E-state index in [-0.39, 0.29) is 12.1 Å². The van der Waals surface area contributed by atoms with E-state index in [1.807, 2.05) is 24.4 Å². The summed E-state index contributed by atoms with van der Waals surface area (Å²) >= 11 is 3.22. The van der Waals surface area contributed by atoms with Crippen LogP contribution in [0, 0.1) is 0 Å². The van der Waals surface area contributed by atoms with Gasteiger partial charge in [-0.3, -0.25) is 5.32 Å². The maximum Gasteiger partial charge on any atom is 0.321 e. The minimum Gasteiger partial charge on any atom is -0.381 e. The Balaban J connectivity index is 1.45. The van der Waals surface area contributed by atoms with Gasteiger partial charge in [-0.25, -0.2) is 9.78 Å². The number of carbonyl (C=O) groups is 1. The van der Waals surface area contributed by atoms with Crippen LogP contribution in [0.25, 0.3) is 0 Å².